The van der Waals surface area contributed by atoms with Gasteiger partial charge in [-0.2, -0.15) is 0 Å². The average molecular weight is 793 g/mol. The van der Waals surface area contributed by atoms with Gasteiger partial charge in [-0.1, -0.05) is 105 Å². The van der Waals surface area contributed by atoms with E-state index in [1.165, 1.54) is 11.1 Å². The molecular formula is C46H68N2O9. The number of alkyl carbamates (subject to hydrolysis) is 2. The summed E-state index contributed by atoms with van der Waals surface area (Å²) in [6.07, 6.45) is 4.73. The summed E-state index contributed by atoms with van der Waals surface area (Å²) >= 11 is 0. The fourth-order valence-electron chi connectivity index (χ4n) is 5.51. The van der Waals surface area contributed by atoms with Crippen LogP contribution in [0.15, 0.2) is 91.0 Å². The lowest BCUT2D eigenvalue weighted by atomic mass is 9.97. The Bertz CT molecular complexity index is 1560. The van der Waals surface area contributed by atoms with Gasteiger partial charge in [0.25, 0.3) is 0 Å². The Kier molecular flexibility index (Phi) is 23.6. The number of esters is 1. The molecule has 0 fully saturated rings. The van der Waals surface area contributed by atoms with Crippen LogP contribution in [0.25, 0.3) is 0 Å². The van der Waals surface area contributed by atoms with E-state index in [0.717, 1.165) is 38.4 Å². The summed E-state index contributed by atoms with van der Waals surface area (Å²) in [7, 11) is 1.00. The molecule has 0 aliphatic heterocycles. The van der Waals surface area contributed by atoms with Crippen LogP contribution in [0.3, 0.4) is 0 Å². The van der Waals surface area contributed by atoms with Crippen molar-refractivity contribution < 1.29 is 43.6 Å². The Morgan fingerprint density at radius 1 is 0.544 bits per heavy atom. The number of rotatable bonds is 18. The first-order valence-corrected chi connectivity index (χ1v) is 19.8. The topological polar surface area (TPSA) is 160 Å². The van der Waals surface area contributed by atoms with E-state index >= 15 is 0 Å². The molecule has 0 radical (unpaired) electrons. The maximum atomic E-state index is 12.4. The summed E-state index contributed by atoms with van der Waals surface area (Å²) in [5.74, 6) is -1.70. The zero-order valence-corrected chi connectivity index (χ0v) is 35.6. The van der Waals surface area contributed by atoms with Crippen LogP contribution < -0.4 is 10.6 Å². The number of carboxylic acid groups (broad SMARTS) is 1. The second-order valence-corrected chi connectivity index (χ2v) is 16.1. The maximum Gasteiger partial charge on any atom is 0.407 e. The molecule has 0 aliphatic carbocycles. The lowest BCUT2D eigenvalue weighted by Gasteiger charge is -2.24. The third-order valence-electron chi connectivity index (χ3n) is 8.63. The zero-order valence-electron chi connectivity index (χ0n) is 35.6. The number of nitrogens with one attached hydrogen (secondary N) is 2. The number of benzene rings is 3. The highest BCUT2D eigenvalue weighted by atomic mass is 16.6. The quantitative estimate of drug-likeness (QED) is 0.0727. The van der Waals surface area contributed by atoms with Gasteiger partial charge >= 0.3 is 24.1 Å². The lowest BCUT2D eigenvalue weighted by molar-refractivity contribution is -0.149. The average Bonchev–Trinajstić information content (AvgIpc) is 3.16. The van der Waals surface area contributed by atoms with Gasteiger partial charge < -0.3 is 35.1 Å². The number of aliphatic hydroxyl groups is 1. The van der Waals surface area contributed by atoms with E-state index in [0.29, 0.717) is 25.7 Å². The molecule has 11 nitrogen and oxygen atoms in total. The molecule has 0 unspecified atom stereocenters. The smallest absolute Gasteiger partial charge is 0.407 e. The van der Waals surface area contributed by atoms with Crippen LogP contribution in [0.2, 0.25) is 0 Å². The first-order valence-electron chi connectivity index (χ1n) is 19.8. The molecule has 0 aliphatic rings. The Balaban J connectivity index is 0.000000563. The molecule has 316 valence electrons. The predicted molar refractivity (Wildman–Crippen MR) is 225 cm³/mol. The van der Waals surface area contributed by atoms with Crippen LogP contribution in [-0.4, -0.2) is 64.7 Å². The van der Waals surface area contributed by atoms with Crippen LogP contribution >= 0.6 is 0 Å². The van der Waals surface area contributed by atoms with Crippen molar-refractivity contribution in [3.63, 3.8) is 0 Å². The summed E-state index contributed by atoms with van der Waals surface area (Å²) in [5.41, 5.74) is 2.27. The highest BCUT2D eigenvalue weighted by Crippen LogP contribution is 2.18. The molecule has 3 aromatic carbocycles. The fraction of sp³-hybridized carbons (Fsp3) is 0.522. The number of hydrogen-bond acceptors (Lipinski definition) is 8. The molecule has 0 aromatic heterocycles. The van der Waals surface area contributed by atoms with Gasteiger partial charge in [0.05, 0.1) is 11.8 Å². The van der Waals surface area contributed by atoms with Gasteiger partial charge in [0, 0.05) is 19.2 Å². The van der Waals surface area contributed by atoms with Crippen molar-refractivity contribution in [2.45, 2.75) is 137 Å². The van der Waals surface area contributed by atoms with Gasteiger partial charge in [0.1, 0.15) is 17.8 Å². The molecule has 57 heavy (non-hydrogen) atoms. The van der Waals surface area contributed by atoms with Gasteiger partial charge in [-0.15, -0.1) is 0 Å². The lowest BCUT2D eigenvalue weighted by Crippen LogP contribution is -2.39. The molecule has 4 atom stereocenters. The van der Waals surface area contributed by atoms with Crippen LogP contribution in [0, 0.1) is 11.8 Å². The van der Waals surface area contributed by atoms with E-state index in [2.05, 4.69) is 22.8 Å². The van der Waals surface area contributed by atoms with Crippen LogP contribution in [0.1, 0.15) is 111 Å². The number of carboxylic acids is 1. The first kappa shape index (κ1) is 50.1. The van der Waals surface area contributed by atoms with Crippen LogP contribution in [-0.2, 0) is 43.2 Å². The summed E-state index contributed by atoms with van der Waals surface area (Å²) in [6.45, 7) is 14.8. The molecule has 0 saturated heterocycles. The largest absolute Gasteiger partial charge is 0.481 e. The standard InChI is InChI=1S/C26H35NO4.C19H29NO4.CH4O/c1-20(24(28)30-19-22-13-9-6-10-14-22)15-17-23(27-25(29)31-26(2,3)4)18-16-21-11-7-5-8-12-21;1-14(17(21)22)10-12-16(20-18(23)24-19(2,3)4)13-11-15-8-6-5-7-9-15;1-2/h5-14,20,23H,15-19H2,1-4H3,(H,27,29);5-9,14,16H,10-13H2,1-4H3,(H,20,23)(H,21,22);2H,1H3/t20-,23+;14-,16+;/m11./s1. The number of carbonyl (C=O) groups excluding carboxylic acids is 3. The number of carbonyl (C=O) groups is 4. The van der Waals surface area contributed by atoms with E-state index < -0.39 is 35.3 Å². The van der Waals surface area contributed by atoms with Crippen LogP contribution in [0.4, 0.5) is 9.59 Å². The van der Waals surface area contributed by atoms with Crippen molar-refractivity contribution in [1.29, 1.82) is 0 Å². The summed E-state index contributed by atoms with van der Waals surface area (Å²) < 4.78 is 16.2. The SMILES string of the molecule is CO.C[C@H](CC[C@@H](CCc1ccccc1)NC(=O)OC(C)(C)C)C(=O)O.C[C@H](CC[C@@H](CCc1ccccc1)NC(=O)OC(C)(C)C)C(=O)OCc1ccccc1. The van der Waals surface area contributed by atoms with Crippen LogP contribution in [0.5, 0.6) is 0 Å². The summed E-state index contributed by atoms with van der Waals surface area (Å²) in [5, 5.41) is 21.9. The third kappa shape index (κ3) is 25.1. The molecule has 0 saturated carbocycles. The van der Waals surface area contributed by atoms with E-state index in [1.54, 1.807) is 6.92 Å². The predicted octanol–water partition coefficient (Wildman–Crippen LogP) is 9.29. The third-order valence-corrected chi connectivity index (χ3v) is 8.63. The molecule has 3 rings (SSSR count). The van der Waals surface area contributed by atoms with Gasteiger partial charge in [0.15, 0.2) is 0 Å². The monoisotopic (exact) mass is 792 g/mol. The van der Waals surface area contributed by atoms with Gasteiger partial charge in [-0.3, -0.25) is 9.59 Å². The molecule has 0 heterocycles. The van der Waals surface area contributed by atoms with Crippen molar-refractivity contribution in [3.05, 3.63) is 108 Å². The number of aliphatic hydroxyl groups excluding tert-OH is 1. The molecule has 0 bridgehead atoms. The molecular weight excluding hydrogens is 725 g/mol. The second kappa shape index (κ2) is 26.9. The molecule has 3 aromatic rings. The van der Waals surface area contributed by atoms with Crippen molar-refractivity contribution in [2.24, 2.45) is 11.8 Å². The number of amides is 2. The highest BCUT2D eigenvalue weighted by molar-refractivity contribution is 5.72. The number of aliphatic carboxylic acids is 1. The summed E-state index contributed by atoms with van der Waals surface area (Å²) in [6, 6.07) is 29.6. The van der Waals surface area contributed by atoms with E-state index in [9.17, 15) is 19.2 Å². The van der Waals surface area contributed by atoms with E-state index in [4.69, 9.17) is 24.4 Å². The first-order chi connectivity index (χ1) is 26.9. The minimum atomic E-state index is -0.811. The highest BCUT2D eigenvalue weighted by Gasteiger charge is 2.23. The maximum absolute atomic E-state index is 12.4. The number of aryl methyl sites for hydroxylation is 2. The molecule has 4 N–H and O–H groups in total. The molecule has 0 spiro atoms. The van der Waals surface area contributed by atoms with E-state index in [-0.39, 0.29) is 30.6 Å². The minimum Gasteiger partial charge on any atom is -0.481 e. The zero-order chi connectivity index (χ0) is 42.9. The van der Waals surface area contributed by atoms with Gasteiger partial charge in [0.2, 0.25) is 0 Å². The molecule has 11 heteroatoms. The summed E-state index contributed by atoms with van der Waals surface area (Å²) in [4.78, 5) is 47.7. The van der Waals surface area contributed by atoms with Crippen molar-refractivity contribution in [2.75, 3.05) is 7.11 Å². The van der Waals surface area contributed by atoms with E-state index in [1.807, 2.05) is 127 Å². The second-order valence-electron chi connectivity index (χ2n) is 16.1. The Morgan fingerprint density at radius 2 is 0.895 bits per heavy atom. The van der Waals surface area contributed by atoms with Gasteiger partial charge in [-0.25, -0.2) is 9.59 Å². The Labute approximate surface area is 340 Å². The Hall–Kier alpha value is -4.90. The fourth-order valence-corrected chi connectivity index (χ4v) is 5.51. The van der Waals surface area contributed by atoms with Gasteiger partial charge in [-0.05, 0) is 110 Å². The minimum absolute atomic E-state index is 0.0839. The molecule has 2 amide bonds. The normalized spacial score (nSPS) is 13.1. The Morgan fingerprint density at radius 3 is 1.25 bits per heavy atom. The van der Waals surface area contributed by atoms with Crippen molar-refractivity contribution >= 4 is 24.1 Å². The van der Waals surface area contributed by atoms with Crippen molar-refractivity contribution in [3.8, 4) is 0 Å². The number of hydrogen-bond donors (Lipinski definition) is 4. The number of ether oxygens (including phenoxy) is 3. The van der Waals surface area contributed by atoms with Crippen molar-refractivity contribution in [1.82, 2.24) is 10.6 Å².